The first-order valence-electron chi connectivity index (χ1n) is 11.5. The molecule has 3 aromatic carbocycles. The lowest BCUT2D eigenvalue weighted by molar-refractivity contribution is -0.133. The van der Waals surface area contributed by atoms with Crippen LogP contribution >= 0.6 is 0 Å². The normalized spacial score (nSPS) is 11.8. The van der Waals surface area contributed by atoms with Crippen LogP contribution in [0.2, 0.25) is 0 Å². The monoisotopic (exact) mass is 456 g/mol. The number of carbonyl (C=O) groups is 2. The number of furan rings is 1. The van der Waals surface area contributed by atoms with Crippen molar-refractivity contribution in [2.45, 2.75) is 25.7 Å². The summed E-state index contributed by atoms with van der Waals surface area (Å²) in [6, 6.07) is 27.1. The minimum Gasteiger partial charge on any atom is -0.456 e. The first-order valence-corrected chi connectivity index (χ1v) is 11.5. The number of para-hydroxylation sites is 1. The Bertz CT molecular complexity index is 1200. The molecule has 1 unspecified atom stereocenters. The zero-order valence-corrected chi connectivity index (χ0v) is 18.9. The number of rotatable bonds is 10. The maximum Gasteiger partial charge on any atom is 0.251 e. The molecule has 4 rings (SSSR count). The van der Waals surface area contributed by atoms with Gasteiger partial charge in [0.05, 0.1) is 0 Å². The second kappa shape index (κ2) is 11.3. The summed E-state index contributed by atoms with van der Waals surface area (Å²) in [5, 5.41) is 13.0. The second-order valence-electron chi connectivity index (χ2n) is 8.32. The lowest BCUT2D eigenvalue weighted by atomic mass is 9.96. The van der Waals surface area contributed by atoms with E-state index < -0.39 is 5.91 Å². The van der Waals surface area contributed by atoms with Gasteiger partial charge in [-0.1, -0.05) is 60.7 Å². The van der Waals surface area contributed by atoms with Crippen LogP contribution in [0.15, 0.2) is 89.3 Å². The van der Waals surface area contributed by atoms with Gasteiger partial charge in [-0.05, 0) is 55.5 Å². The molecular formula is C28H28N2O4. The minimum atomic E-state index is -0.419. The molecule has 0 radical (unpaired) electrons. The summed E-state index contributed by atoms with van der Waals surface area (Å²) >= 11 is 0. The number of amides is 2. The third-order valence-corrected chi connectivity index (χ3v) is 5.98. The van der Waals surface area contributed by atoms with Crippen LogP contribution in [0.3, 0.4) is 0 Å². The maximum atomic E-state index is 12.6. The SMILES string of the molecule is O=C(NCCC(CCCc1ccccc1)C(=O)NO)c1ccc(-c2cc3ccccc3o2)cc1. The van der Waals surface area contributed by atoms with Crippen LogP contribution < -0.4 is 10.8 Å². The first kappa shape index (κ1) is 23.3. The second-order valence-corrected chi connectivity index (χ2v) is 8.32. The van der Waals surface area contributed by atoms with Crippen LogP contribution in [0.4, 0.5) is 0 Å². The van der Waals surface area contributed by atoms with Crippen molar-refractivity contribution in [1.82, 2.24) is 10.8 Å². The molecule has 0 fully saturated rings. The molecular weight excluding hydrogens is 428 g/mol. The molecule has 0 aliphatic rings. The van der Waals surface area contributed by atoms with E-state index in [2.05, 4.69) is 17.4 Å². The fourth-order valence-electron chi connectivity index (χ4n) is 4.07. The van der Waals surface area contributed by atoms with Crippen LogP contribution in [0.5, 0.6) is 0 Å². The van der Waals surface area contributed by atoms with Crippen LogP contribution in [0, 0.1) is 5.92 Å². The molecule has 0 saturated carbocycles. The topological polar surface area (TPSA) is 91.6 Å². The van der Waals surface area contributed by atoms with Gasteiger partial charge in [0, 0.05) is 29.0 Å². The highest BCUT2D eigenvalue weighted by atomic mass is 16.5. The van der Waals surface area contributed by atoms with Crippen molar-refractivity contribution in [3.8, 4) is 11.3 Å². The Morgan fingerprint density at radius 3 is 2.35 bits per heavy atom. The molecule has 1 heterocycles. The van der Waals surface area contributed by atoms with E-state index in [4.69, 9.17) is 9.62 Å². The Morgan fingerprint density at radius 2 is 1.62 bits per heavy atom. The first-order chi connectivity index (χ1) is 16.6. The molecule has 1 atom stereocenters. The highest BCUT2D eigenvalue weighted by Crippen LogP contribution is 2.27. The molecule has 6 nitrogen and oxygen atoms in total. The molecule has 0 aliphatic carbocycles. The molecule has 2 amide bonds. The van der Waals surface area contributed by atoms with E-state index in [1.807, 2.05) is 60.7 Å². The lowest BCUT2D eigenvalue weighted by Gasteiger charge is -2.15. The van der Waals surface area contributed by atoms with Crippen molar-refractivity contribution in [3.05, 3.63) is 96.1 Å². The predicted octanol–water partition coefficient (Wildman–Crippen LogP) is 5.36. The molecule has 34 heavy (non-hydrogen) atoms. The molecule has 0 saturated heterocycles. The molecule has 0 spiro atoms. The highest BCUT2D eigenvalue weighted by molar-refractivity contribution is 5.94. The lowest BCUT2D eigenvalue weighted by Crippen LogP contribution is -2.32. The standard InChI is InChI=1S/C28H28N2O4/c31-27(23-15-13-21(14-16-23)26-19-24-10-4-5-12-25(24)34-26)29-18-17-22(28(32)30-33)11-6-9-20-7-2-1-3-8-20/h1-5,7-8,10,12-16,19,22,33H,6,9,11,17-18H2,(H,29,31)(H,30,32). The summed E-state index contributed by atoms with van der Waals surface area (Å²) in [5.74, 6) is -0.243. The van der Waals surface area contributed by atoms with E-state index in [1.165, 1.54) is 5.56 Å². The average molecular weight is 457 g/mol. The molecule has 174 valence electrons. The van der Waals surface area contributed by atoms with Gasteiger partial charge in [0.2, 0.25) is 5.91 Å². The fraction of sp³-hybridized carbons (Fsp3) is 0.214. The fourth-order valence-corrected chi connectivity index (χ4v) is 4.07. The van der Waals surface area contributed by atoms with E-state index >= 15 is 0 Å². The van der Waals surface area contributed by atoms with Crippen molar-refractivity contribution in [2.24, 2.45) is 5.92 Å². The van der Waals surface area contributed by atoms with Crippen LogP contribution in [0.25, 0.3) is 22.3 Å². The van der Waals surface area contributed by atoms with Gasteiger partial charge in [-0.25, -0.2) is 5.48 Å². The van der Waals surface area contributed by atoms with E-state index in [1.54, 1.807) is 17.6 Å². The third-order valence-electron chi connectivity index (χ3n) is 5.98. The van der Waals surface area contributed by atoms with Crippen LogP contribution in [0.1, 0.15) is 35.2 Å². The summed E-state index contributed by atoms with van der Waals surface area (Å²) in [5.41, 5.74) is 5.22. The predicted molar refractivity (Wildman–Crippen MR) is 131 cm³/mol. The van der Waals surface area contributed by atoms with Crippen molar-refractivity contribution in [1.29, 1.82) is 0 Å². The van der Waals surface area contributed by atoms with E-state index in [0.717, 1.165) is 35.1 Å². The quantitative estimate of drug-likeness (QED) is 0.221. The molecule has 4 aromatic rings. The number of hydrogen-bond acceptors (Lipinski definition) is 4. The number of benzene rings is 3. The maximum absolute atomic E-state index is 12.6. The summed E-state index contributed by atoms with van der Waals surface area (Å²) < 4.78 is 5.88. The number of nitrogens with one attached hydrogen (secondary N) is 2. The van der Waals surface area contributed by atoms with Gasteiger partial charge in [-0.3, -0.25) is 14.8 Å². The Labute approximate surface area is 198 Å². The number of carbonyl (C=O) groups excluding carboxylic acids is 2. The van der Waals surface area contributed by atoms with Crippen molar-refractivity contribution < 1.29 is 19.2 Å². The van der Waals surface area contributed by atoms with Gasteiger partial charge < -0.3 is 9.73 Å². The summed E-state index contributed by atoms with van der Waals surface area (Å²) in [7, 11) is 0. The van der Waals surface area contributed by atoms with Gasteiger partial charge in [0.25, 0.3) is 5.91 Å². The van der Waals surface area contributed by atoms with Crippen molar-refractivity contribution in [3.63, 3.8) is 0 Å². The van der Waals surface area contributed by atoms with Gasteiger partial charge in [0.1, 0.15) is 11.3 Å². The van der Waals surface area contributed by atoms with Crippen LogP contribution in [-0.2, 0) is 11.2 Å². The summed E-state index contributed by atoms with van der Waals surface area (Å²) in [4.78, 5) is 24.6. The summed E-state index contributed by atoms with van der Waals surface area (Å²) in [6.45, 7) is 0.341. The smallest absolute Gasteiger partial charge is 0.251 e. The van der Waals surface area contributed by atoms with Gasteiger partial charge in [0.15, 0.2) is 0 Å². The Morgan fingerprint density at radius 1 is 0.882 bits per heavy atom. The number of aryl methyl sites for hydroxylation is 1. The van der Waals surface area contributed by atoms with Gasteiger partial charge in [-0.2, -0.15) is 0 Å². The Kier molecular flexibility index (Phi) is 7.73. The highest BCUT2D eigenvalue weighted by Gasteiger charge is 2.18. The molecule has 0 bridgehead atoms. The summed E-state index contributed by atoms with van der Waals surface area (Å²) in [6.07, 6.45) is 2.76. The number of hydroxylamine groups is 1. The molecule has 0 aliphatic heterocycles. The third kappa shape index (κ3) is 5.91. The minimum absolute atomic E-state index is 0.205. The van der Waals surface area contributed by atoms with E-state index in [9.17, 15) is 9.59 Å². The van der Waals surface area contributed by atoms with E-state index in [-0.39, 0.29) is 11.8 Å². The zero-order valence-electron chi connectivity index (χ0n) is 18.9. The molecule has 3 N–H and O–H groups in total. The van der Waals surface area contributed by atoms with Gasteiger partial charge in [-0.15, -0.1) is 0 Å². The molecule has 1 aromatic heterocycles. The van der Waals surface area contributed by atoms with Crippen molar-refractivity contribution >= 4 is 22.8 Å². The number of fused-ring (bicyclic) bond motifs is 1. The largest absolute Gasteiger partial charge is 0.456 e. The van der Waals surface area contributed by atoms with Crippen LogP contribution in [-0.4, -0.2) is 23.6 Å². The van der Waals surface area contributed by atoms with E-state index in [0.29, 0.717) is 24.9 Å². The Balaban J connectivity index is 1.28. The molecule has 6 heteroatoms. The average Bonchev–Trinajstić information content (AvgIpc) is 3.32. The Hall–Kier alpha value is -3.90. The van der Waals surface area contributed by atoms with Crippen molar-refractivity contribution in [2.75, 3.05) is 6.54 Å². The number of hydrogen-bond donors (Lipinski definition) is 3. The zero-order chi connectivity index (χ0) is 23.8. The van der Waals surface area contributed by atoms with Gasteiger partial charge >= 0.3 is 0 Å².